The van der Waals surface area contributed by atoms with Gasteiger partial charge in [0.15, 0.2) is 0 Å². The van der Waals surface area contributed by atoms with E-state index in [0.29, 0.717) is 57.0 Å². The summed E-state index contributed by atoms with van der Waals surface area (Å²) in [5, 5.41) is 0. The molecule has 2 aliphatic heterocycles. The van der Waals surface area contributed by atoms with E-state index in [0.717, 1.165) is 6.07 Å². The van der Waals surface area contributed by atoms with Crippen molar-refractivity contribution >= 4 is 15.9 Å². The summed E-state index contributed by atoms with van der Waals surface area (Å²) in [5.74, 6) is 0.184. The maximum Gasteiger partial charge on any atom is 0.243 e. The smallest absolute Gasteiger partial charge is 0.243 e. The van der Waals surface area contributed by atoms with Gasteiger partial charge < -0.3 is 14.4 Å². The van der Waals surface area contributed by atoms with E-state index < -0.39 is 21.3 Å². The molecule has 2 aromatic carbocycles. The van der Waals surface area contributed by atoms with Crippen LogP contribution in [0.15, 0.2) is 53.4 Å². The average molecular weight is 491 g/mol. The van der Waals surface area contributed by atoms with Gasteiger partial charge in [-0.05, 0) is 55.7 Å². The van der Waals surface area contributed by atoms with Crippen molar-refractivity contribution in [2.45, 2.75) is 31.1 Å². The van der Waals surface area contributed by atoms with E-state index in [9.17, 15) is 17.6 Å². The second-order valence-electron chi connectivity index (χ2n) is 9.12. The summed E-state index contributed by atoms with van der Waals surface area (Å²) >= 11 is 0. The predicted molar refractivity (Wildman–Crippen MR) is 126 cm³/mol. The first-order valence-electron chi connectivity index (χ1n) is 11.6. The molecule has 2 aliphatic rings. The molecule has 9 heteroatoms. The highest BCUT2D eigenvalue weighted by Gasteiger charge is 2.43. The van der Waals surface area contributed by atoms with E-state index in [1.807, 2.05) is 30.3 Å². The summed E-state index contributed by atoms with van der Waals surface area (Å²) in [6.07, 6.45) is 1.46. The highest BCUT2D eigenvalue weighted by Crippen LogP contribution is 2.38. The first-order valence-corrected chi connectivity index (χ1v) is 13.0. The molecule has 184 valence electrons. The molecule has 0 bridgehead atoms. The van der Waals surface area contributed by atoms with E-state index in [2.05, 4.69) is 0 Å². The summed E-state index contributed by atoms with van der Waals surface area (Å²) in [6.45, 7) is 4.39. The van der Waals surface area contributed by atoms with Crippen molar-refractivity contribution in [2.24, 2.45) is 5.41 Å². The molecule has 0 radical (unpaired) electrons. The fraction of sp³-hybridized carbons (Fsp3) is 0.480. The minimum atomic E-state index is -3.86. The van der Waals surface area contributed by atoms with Crippen LogP contribution in [0.5, 0.6) is 5.75 Å². The zero-order valence-electron chi connectivity index (χ0n) is 19.4. The molecular formula is C25H31FN2O5S. The van der Waals surface area contributed by atoms with Gasteiger partial charge in [-0.3, -0.25) is 4.79 Å². The summed E-state index contributed by atoms with van der Waals surface area (Å²) in [4.78, 5) is 15.1. The number of carbonyl (C=O) groups excluding carboxylic acids is 1. The van der Waals surface area contributed by atoms with Crippen LogP contribution in [0.25, 0.3) is 0 Å². The molecule has 0 saturated carbocycles. The van der Waals surface area contributed by atoms with Crippen molar-refractivity contribution in [1.29, 1.82) is 0 Å². The Bertz CT molecular complexity index is 1110. The molecule has 2 fully saturated rings. The number of rotatable bonds is 7. The number of ether oxygens (including phenoxy) is 2. The fourth-order valence-corrected chi connectivity index (χ4v) is 6.52. The van der Waals surface area contributed by atoms with E-state index in [1.54, 1.807) is 11.8 Å². The van der Waals surface area contributed by atoms with E-state index in [1.165, 1.54) is 16.4 Å². The number of piperidine rings is 1. The molecular weight excluding hydrogens is 459 g/mol. The molecule has 1 atom stereocenters. The summed E-state index contributed by atoms with van der Waals surface area (Å²) < 4.78 is 53.5. The number of halogens is 1. The lowest BCUT2D eigenvalue weighted by Gasteiger charge is -2.42. The van der Waals surface area contributed by atoms with Crippen LogP contribution in [0.4, 0.5) is 4.39 Å². The first-order chi connectivity index (χ1) is 16.3. The monoisotopic (exact) mass is 490 g/mol. The number of aryl methyl sites for hydroxylation is 1. The third kappa shape index (κ3) is 5.59. The van der Waals surface area contributed by atoms with Gasteiger partial charge >= 0.3 is 0 Å². The molecule has 34 heavy (non-hydrogen) atoms. The zero-order valence-corrected chi connectivity index (χ0v) is 20.2. The van der Waals surface area contributed by atoms with Gasteiger partial charge in [-0.2, -0.15) is 4.31 Å². The van der Waals surface area contributed by atoms with Crippen molar-refractivity contribution in [3.05, 3.63) is 59.9 Å². The summed E-state index contributed by atoms with van der Waals surface area (Å²) in [6, 6.07) is 13.0. The maximum absolute atomic E-state index is 13.6. The first kappa shape index (κ1) is 24.6. The van der Waals surface area contributed by atoms with E-state index >= 15 is 0 Å². The van der Waals surface area contributed by atoms with Crippen molar-refractivity contribution in [3.63, 3.8) is 0 Å². The number of sulfonamides is 1. The van der Waals surface area contributed by atoms with Crippen LogP contribution in [-0.2, 0) is 19.6 Å². The Hall–Kier alpha value is -2.49. The third-order valence-corrected chi connectivity index (χ3v) is 8.56. The summed E-state index contributed by atoms with van der Waals surface area (Å²) in [5.41, 5.74) is -0.314. The second kappa shape index (κ2) is 10.4. The molecule has 2 saturated heterocycles. The Morgan fingerprint density at radius 3 is 2.56 bits per heavy atom. The normalized spacial score (nSPS) is 21.9. The van der Waals surface area contributed by atoms with Gasteiger partial charge in [0.25, 0.3) is 0 Å². The van der Waals surface area contributed by atoms with Crippen molar-refractivity contribution < 1.29 is 27.1 Å². The SMILES string of the molecule is Cc1cc(F)ccc1S(=O)(=O)N1CCCC(COc2ccccc2)(CC(=O)N2CCOCC2)C1. The molecule has 4 rings (SSSR count). The third-order valence-electron chi connectivity index (χ3n) is 6.56. The summed E-state index contributed by atoms with van der Waals surface area (Å²) in [7, 11) is -3.86. The number of morpholine rings is 1. The van der Waals surface area contributed by atoms with Crippen LogP contribution < -0.4 is 4.74 Å². The van der Waals surface area contributed by atoms with E-state index in [4.69, 9.17) is 9.47 Å². The number of nitrogens with zero attached hydrogens (tertiary/aromatic N) is 2. The lowest BCUT2D eigenvalue weighted by atomic mass is 9.78. The Kier molecular flexibility index (Phi) is 7.54. The molecule has 0 N–H and O–H groups in total. The predicted octanol–water partition coefficient (Wildman–Crippen LogP) is 3.23. The van der Waals surface area contributed by atoms with Crippen LogP contribution in [0.1, 0.15) is 24.8 Å². The minimum Gasteiger partial charge on any atom is -0.493 e. The molecule has 0 aliphatic carbocycles. The standard InChI is InChI=1S/C25H31FN2O5S/c1-20-16-21(26)8-9-23(20)34(30,31)28-11-5-10-25(18-28,19-33-22-6-3-2-4-7-22)17-24(29)27-12-14-32-15-13-27/h2-4,6-9,16H,5,10-15,17-19H2,1H3. The lowest BCUT2D eigenvalue weighted by Crippen LogP contribution is -2.52. The van der Waals surface area contributed by atoms with Crippen LogP contribution in [0, 0.1) is 18.2 Å². The fourth-order valence-electron chi connectivity index (χ4n) is 4.72. The van der Waals surface area contributed by atoms with Gasteiger partial charge in [0.1, 0.15) is 11.6 Å². The number of amides is 1. The van der Waals surface area contributed by atoms with Crippen molar-refractivity contribution in [2.75, 3.05) is 46.0 Å². The highest BCUT2D eigenvalue weighted by atomic mass is 32.2. The maximum atomic E-state index is 13.6. The largest absolute Gasteiger partial charge is 0.493 e. The average Bonchev–Trinajstić information content (AvgIpc) is 2.84. The number of para-hydroxylation sites is 1. The Morgan fingerprint density at radius 2 is 1.85 bits per heavy atom. The van der Waals surface area contributed by atoms with Crippen molar-refractivity contribution in [1.82, 2.24) is 9.21 Å². The minimum absolute atomic E-state index is 0.0165. The molecule has 1 unspecified atom stereocenters. The molecule has 2 heterocycles. The molecule has 0 aromatic heterocycles. The molecule has 1 amide bonds. The van der Waals surface area contributed by atoms with Crippen molar-refractivity contribution in [3.8, 4) is 5.75 Å². The molecule has 2 aromatic rings. The van der Waals surface area contributed by atoms with Crippen LogP contribution in [0.2, 0.25) is 0 Å². The lowest BCUT2D eigenvalue weighted by molar-refractivity contribution is -0.139. The van der Waals surface area contributed by atoms with Gasteiger partial charge in [0.05, 0.1) is 24.7 Å². The number of hydrogen-bond acceptors (Lipinski definition) is 5. The number of benzene rings is 2. The van der Waals surface area contributed by atoms with E-state index in [-0.39, 0.29) is 30.4 Å². The van der Waals surface area contributed by atoms with Gasteiger partial charge in [0.2, 0.25) is 15.9 Å². The number of carbonyl (C=O) groups is 1. The van der Waals surface area contributed by atoms with Gasteiger partial charge in [-0.25, -0.2) is 12.8 Å². The van der Waals surface area contributed by atoms with Crippen LogP contribution in [-0.4, -0.2) is 69.5 Å². The van der Waals surface area contributed by atoms with Gasteiger partial charge in [-0.15, -0.1) is 0 Å². The number of hydrogen-bond donors (Lipinski definition) is 0. The second-order valence-corrected chi connectivity index (χ2v) is 11.0. The Balaban J connectivity index is 1.59. The van der Waals surface area contributed by atoms with Gasteiger partial charge in [-0.1, -0.05) is 18.2 Å². The zero-order chi connectivity index (χ0) is 24.2. The van der Waals surface area contributed by atoms with Crippen LogP contribution in [0.3, 0.4) is 0 Å². The Labute approximate surface area is 200 Å². The quantitative estimate of drug-likeness (QED) is 0.596. The highest BCUT2D eigenvalue weighted by molar-refractivity contribution is 7.89. The molecule has 7 nitrogen and oxygen atoms in total. The molecule has 0 spiro atoms. The van der Waals surface area contributed by atoms with Gasteiger partial charge in [0, 0.05) is 38.0 Å². The topological polar surface area (TPSA) is 76.2 Å². The Morgan fingerprint density at radius 1 is 1.12 bits per heavy atom. The van der Waals surface area contributed by atoms with Crippen LogP contribution >= 0.6 is 0 Å².